The van der Waals surface area contributed by atoms with E-state index in [9.17, 15) is 9.59 Å². The minimum Gasteiger partial charge on any atom is -0.480 e. The van der Waals surface area contributed by atoms with Gasteiger partial charge in [-0.05, 0) is 12.8 Å². The topological polar surface area (TPSA) is 95.4 Å². The fourth-order valence-electron chi connectivity index (χ4n) is 2.13. The van der Waals surface area contributed by atoms with Gasteiger partial charge in [-0.1, -0.05) is 17.3 Å². The largest absolute Gasteiger partial charge is 0.480 e. The van der Waals surface area contributed by atoms with E-state index in [1.165, 1.54) is 11.1 Å². The Bertz CT molecular complexity index is 417. The maximum atomic E-state index is 12.0. The summed E-state index contributed by atoms with van der Waals surface area (Å²) in [5.41, 5.74) is 0. The van der Waals surface area contributed by atoms with Gasteiger partial charge >= 0.3 is 12.0 Å². The van der Waals surface area contributed by atoms with E-state index in [4.69, 9.17) is 5.11 Å². The van der Waals surface area contributed by atoms with Crippen molar-refractivity contribution in [3.8, 4) is 0 Å². The number of urea groups is 1. The molecule has 1 aromatic rings. The van der Waals surface area contributed by atoms with Crippen LogP contribution in [0, 0.1) is 0 Å². The Labute approximate surface area is 108 Å². The number of hydrogen-bond donors (Lipinski definition) is 2. The van der Waals surface area contributed by atoms with E-state index >= 15 is 0 Å². The number of anilines is 1. The van der Waals surface area contributed by atoms with E-state index in [2.05, 4.69) is 14.9 Å². The molecular weight excluding hydrogens is 256 g/mol. The smallest absolute Gasteiger partial charge is 0.323 e. The summed E-state index contributed by atoms with van der Waals surface area (Å²) in [5.74, 6) is -1.00. The van der Waals surface area contributed by atoms with Crippen LogP contribution in [0.15, 0.2) is 6.20 Å². The van der Waals surface area contributed by atoms with Gasteiger partial charge in [-0.25, -0.2) is 4.79 Å². The summed E-state index contributed by atoms with van der Waals surface area (Å²) in [4.78, 5) is 24.2. The normalized spacial score (nSPS) is 15.6. The van der Waals surface area contributed by atoms with Gasteiger partial charge < -0.3 is 10.0 Å². The van der Waals surface area contributed by atoms with Gasteiger partial charge in [0.15, 0.2) is 0 Å². The monoisotopic (exact) mass is 270 g/mol. The molecule has 0 atom stereocenters. The Morgan fingerprint density at radius 1 is 1.50 bits per heavy atom. The third-order valence-electron chi connectivity index (χ3n) is 2.92. The minimum atomic E-state index is -1.00. The lowest BCUT2D eigenvalue weighted by molar-refractivity contribution is -0.138. The van der Waals surface area contributed by atoms with Crippen LogP contribution in [0.5, 0.6) is 0 Å². The zero-order valence-corrected chi connectivity index (χ0v) is 10.5. The van der Waals surface area contributed by atoms with Crippen molar-refractivity contribution >= 4 is 28.5 Å². The molecule has 8 heteroatoms. The maximum absolute atomic E-state index is 12.0. The van der Waals surface area contributed by atoms with Crippen molar-refractivity contribution in [3.05, 3.63) is 6.20 Å². The molecule has 98 valence electrons. The van der Waals surface area contributed by atoms with Crippen molar-refractivity contribution < 1.29 is 14.7 Å². The number of carbonyl (C=O) groups is 2. The van der Waals surface area contributed by atoms with Crippen LogP contribution in [0.1, 0.15) is 25.7 Å². The fourth-order valence-corrected chi connectivity index (χ4v) is 2.54. The molecule has 0 aliphatic heterocycles. The van der Waals surface area contributed by atoms with Crippen molar-refractivity contribution in [2.45, 2.75) is 31.7 Å². The number of aliphatic carboxylic acids is 1. The van der Waals surface area contributed by atoms with Crippen LogP contribution in [-0.4, -0.2) is 44.2 Å². The van der Waals surface area contributed by atoms with Crippen LogP contribution in [-0.2, 0) is 4.79 Å². The van der Waals surface area contributed by atoms with Gasteiger partial charge in [-0.3, -0.25) is 10.1 Å². The zero-order chi connectivity index (χ0) is 13.0. The van der Waals surface area contributed by atoms with E-state index in [0.29, 0.717) is 5.00 Å². The molecule has 0 radical (unpaired) electrons. The van der Waals surface area contributed by atoms with Crippen LogP contribution < -0.4 is 5.32 Å². The zero-order valence-electron chi connectivity index (χ0n) is 9.70. The number of aromatic nitrogens is 2. The molecule has 1 heterocycles. The van der Waals surface area contributed by atoms with Gasteiger partial charge in [-0.2, -0.15) is 0 Å². The first-order valence-electron chi connectivity index (χ1n) is 5.73. The Balaban J connectivity index is 2.02. The summed E-state index contributed by atoms with van der Waals surface area (Å²) in [6.07, 6.45) is 5.24. The number of carbonyl (C=O) groups excluding carboxylic acids is 1. The summed E-state index contributed by atoms with van der Waals surface area (Å²) in [6, 6.07) is -0.377. The molecule has 1 aliphatic rings. The third-order valence-corrected chi connectivity index (χ3v) is 3.50. The molecule has 0 spiro atoms. The second-order valence-electron chi connectivity index (χ2n) is 4.17. The van der Waals surface area contributed by atoms with E-state index < -0.39 is 12.0 Å². The molecule has 2 rings (SSSR count). The Hall–Kier alpha value is -1.70. The summed E-state index contributed by atoms with van der Waals surface area (Å²) in [7, 11) is 0. The Morgan fingerprint density at radius 3 is 2.78 bits per heavy atom. The summed E-state index contributed by atoms with van der Waals surface area (Å²) in [5, 5.41) is 15.6. The van der Waals surface area contributed by atoms with Crippen molar-refractivity contribution in [1.82, 2.24) is 14.5 Å². The first-order chi connectivity index (χ1) is 8.66. The van der Waals surface area contributed by atoms with Crippen molar-refractivity contribution in [2.75, 3.05) is 11.9 Å². The average Bonchev–Trinajstić information content (AvgIpc) is 2.97. The molecule has 0 saturated heterocycles. The van der Waals surface area contributed by atoms with Gasteiger partial charge in [-0.15, -0.1) is 5.10 Å². The predicted molar refractivity (Wildman–Crippen MR) is 65.5 cm³/mol. The standard InChI is InChI=1S/C10H14N4O3S/c15-9(16)6-14(7-3-1-2-4-7)10(17)12-8-5-11-13-18-8/h5,7H,1-4,6H2,(H,12,17)(H,15,16). The third kappa shape index (κ3) is 3.16. The summed E-state index contributed by atoms with van der Waals surface area (Å²) < 4.78 is 3.64. The highest BCUT2D eigenvalue weighted by molar-refractivity contribution is 7.10. The van der Waals surface area contributed by atoms with Gasteiger partial charge in [0, 0.05) is 17.6 Å². The maximum Gasteiger partial charge on any atom is 0.323 e. The minimum absolute atomic E-state index is 0.0157. The van der Waals surface area contributed by atoms with Crippen molar-refractivity contribution in [2.24, 2.45) is 0 Å². The van der Waals surface area contributed by atoms with E-state index in [0.717, 1.165) is 37.2 Å². The number of hydrogen-bond acceptors (Lipinski definition) is 5. The lowest BCUT2D eigenvalue weighted by atomic mass is 10.2. The Morgan fingerprint density at radius 2 is 2.22 bits per heavy atom. The van der Waals surface area contributed by atoms with Gasteiger partial charge in [0.25, 0.3) is 0 Å². The molecule has 1 aromatic heterocycles. The molecule has 0 aromatic carbocycles. The molecular formula is C10H14N4O3S. The summed E-state index contributed by atoms with van der Waals surface area (Å²) in [6.45, 7) is -0.275. The number of rotatable bonds is 4. The van der Waals surface area contributed by atoms with Crippen molar-refractivity contribution in [1.29, 1.82) is 0 Å². The molecule has 1 aliphatic carbocycles. The number of carboxylic acids is 1. The molecule has 7 nitrogen and oxygen atoms in total. The number of nitrogens with one attached hydrogen (secondary N) is 1. The highest BCUT2D eigenvalue weighted by atomic mass is 32.1. The number of amides is 2. The molecule has 2 amide bonds. The summed E-state index contributed by atoms with van der Waals surface area (Å²) >= 11 is 1.06. The molecule has 2 N–H and O–H groups in total. The first kappa shape index (κ1) is 12.7. The van der Waals surface area contributed by atoms with Gasteiger partial charge in [0.2, 0.25) is 0 Å². The molecule has 1 saturated carbocycles. The number of nitrogens with zero attached hydrogens (tertiary/aromatic N) is 3. The molecule has 0 unspecified atom stereocenters. The van der Waals surface area contributed by atoms with Gasteiger partial charge in [0.05, 0.1) is 6.20 Å². The second-order valence-corrected chi connectivity index (χ2v) is 4.96. The van der Waals surface area contributed by atoms with Crippen LogP contribution in [0.3, 0.4) is 0 Å². The van der Waals surface area contributed by atoms with Crippen LogP contribution in [0.4, 0.5) is 9.80 Å². The van der Waals surface area contributed by atoms with Crippen LogP contribution >= 0.6 is 11.5 Å². The highest BCUT2D eigenvalue weighted by Gasteiger charge is 2.28. The lowest BCUT2D eigenvalue weighted by Crippen LogP contribution is -2.44. The van der Waals surface area contributed by atoms with Crippen molar-refractivity contribution in [3.63, 3.8) is 0 Å². The molecule has 18 heavy (non-hydrogen) atoms. The quantitative estimate of drug-likeness (QED) is 0.862. The SMILES string of the molecule is O=C(O)CN(C(=O)Nc1cnns1)C1CCCC1. The molecule has 0 bridgehead atoms. The van der Waals surface area contributed by atoms with Gasteiger partial charge in [0.1, 0.15) is 11.5 Å². The van der Waals surface area contributed by atoms with E-state index in [1.54, 1.807) is 0 Å². The second kappa shape index (κ2) is 5.76. The van der Waals surface area contributed by atoms with Crippen LogP contribution in [0.25, 0.3) is 0 Å². The fraction of sp³-hybridized carbons (Fsp3) is 0.600. The molecule has 1 fully saturated rings. The lowest BCUT2D eigenvalue weighted by Gasteiger charge is -2.26. The Kier molecular flexibility index (Phi) is 4.08. The number of carboxylic acid groups (broad SMARTS) is 1. The van der Waals surface area contributed by atoms with Crippen LogP contribution in [0.2, 0.25) is 0 Å². The first-order valence-corrected chi connectivity index (χ1v) is 6.51. The predicted octanol–water partition coefficient (Wildman–Crippen LogP) is 1.40. The highest BCUT2D eigenvalue weighted by Crippen LogP contribution is 2.24. The van der Waals surface area contributed by atoms with E-state index in [-0.39, 0.29) is 12.6 Å². The average molecular weight is 270 g/mol. The van der Waals surface area contributed by atoms with E-state index in [1.807, 2.05) is 0 Å².